The summed E-state index contributed by atoms with van der Waals surface area (Å²) in [4.78, 5) is 2.40. The summed E-state index contributed by atoms with van der Waals surface area (Å²) in [5.74, 6) is 0.468. The van der Waals surface area contributed by atoms with Crippen molar-refractivity contribution in [2.45, 2.75) is 51.6 Å². The van der Waals surface area contributed by atoms with Crippen LogP contribution in [0, 0.1) is 6.92 Å². The van der Waals surface area contributed by atoms with Gasteiger partial charge in [-0.15, -0.1) is 0 Å². The molecule has 1 aromatic carbocycles. The number of aromatic hydroxyl groups is 1. The topological polar surface area (TPSA) is 23.5 Å². The summed E-state index contributed by atoms with van der Waals surface area (Å²) in [6.07, 6.45) is 6.72. The highest BCUT2D eigenvalue weighted by Crippen LogP contribution is 2.26. The Balaban J connectivity index is 2.01. The second-order valence-corrected chi connectivity index (χ2v) is 5.29. The number of hydrogen-bond donors (Lipinski definition) is 1. The van der Waals surface area contributed by atoms with Gasteiger partial charge in [-0.05, 0) is 32.4 Å². The van der Waals surface area contributed by atoms with E-state index in [9.17, 15) is 5.11 Å². The standard InChI is InChI=1S/C15H23NO/c1-12-7-6-8-13(15(12)17)11-16(2)14-9-4-3-5-10-14/h6-8,14,17H,3-5,9-11H2,1-2H3. The molecule has 1 aromatic rings. The Bertz CT molecular complexity index is 369. The van der Waals surface area contributed by atoms with Crippen LogP contribution in [0.5, 0.6) is 5.75 Å². The maximum absolute atomic E-state index is 10.0. The van der Waals surface area contributed by atoms with E-state index in [2.05, 4.69) is 11.9 Å². The number of para-hydroxylation sites is 1. The van der Waals surface area contributed by atoms with Gasteiger partial charge in [0.1, 0.15) is 5.75 Å². The predicted molar refractivity (Wildman–Crippen MR) is 71.2 cm³/mol. The van der Waals surface area contributed by atoms with Gasteiger partial charge >= 0.3 is 0 Å². The molecule has 0 spiro atoms. The fourth-order valence-corrected chi connectivity index (χ4v) is 2.77. The second-order valence-electron chi connectivity index (χ2n) is 5.29. The maximum atomic E-state index is 10.0. The molecule has 0 amide bonds. The molecule has 2 nitrogen and oxygen atoms in total. The highest BCUT2D eigenvalue weighted by Gasteiger charge is 2.18. The number of phenolic OH excluding ortho intramolecular Hbond substituents is 1. The van der Waals surface area contributed by atoms with Crippen LogP contribution in [0.1, 0.15) is 43.2 Å². The minimum absolute atomic E-state index is 0.468. The molecule has 1 saturated carbocycles. The zero-order valence-corrected chi connectivity index (χ0v) is 10.9. The van der Waals surface area contributed by atoms with Crippen molar-refractivity contribution in [3.63, 3.8) is 0 Å². The minimum Gasteiger partial charge on any atom is -0.507 e. The molecule has 17 heavy (non-hydrogen) atoms. The maximum Gasteiger partial charge on any atom is 0.122 e. The molecule has 1 aliphatic carbocycles. The Hall–Kier alpha value is -1.02. The Kier molecular flexibility index (Phi) is 4.06. The van der Waals surface area contributed by atoms with E-state index in [0.29, 0.717) is 11.8 Å². The van der Waals surface area contributed by atoms with Crippen LogP contribution in [-0.2, 0) is 6.54 Å². The molecule has 0 saturated heterocycles. The van der Waals surface area contributed by atoms with Crippen LogP contribution < -0.4 is 0 Å². The van der Waals surface area contributed by atoms with Crippen molar-refractivity contribution in [3.05, 3.63) is 29.3 Å². The molecular weight excluding hydrogens is 210 g/mol. The van der Waals surface area contributed by atoms with E-state index in [0.717, 1.165) is 17.7 Å². The summed E-state index contributed by atoms with van der Waals surface area (Å²) in [7, 11) is 2.18. The van der Waals surface area contributed by atoms with Gasteiger partial charge in [-0.3, -0.25) is 4.90 Å². The average Bonchev–Trinajstić information content (AvgIpc) is 2.36. The molecule has 0 unspecified atom stereocenters. The normalized spacial score (nSPS) is 17.6. The highest BCUT2D eigenvalue weighted by atomic mass is 16.3. The molecule has 94 valence electrons. The summed E-state index contributed by atoms with van der Waals surface area (Å²) in [5, 5.41) is 10.0. The Morgan fingerprint density at radius 2 is 1.94 bits per heavy atom. The van der Waals surface area contributed by atoms with Crippen molar-refractivity contribution in [1.29, 1.82) is 0 Å². The van der Waals surface area contributed by atoms with E-state index in [1.165, 1.54) is 32.1 Å². The van der Waals surface area contributed by atoms with E-state index >= 15 is 0 Å². The lowest BCUT2D eigenvalue weighted by molar-refractivity contribution is 0.183. The quantitative estimate of drug-likeness (QED) is 0.864. The van der Waals surface area contributed by atoms with Crippen LogP contribution in [-0.4, -0.2) is 23.1 Å². The first kappa shape index (κ1) is 12.4. The van der Waals surface area contributed by atoms with Crippen molar-refractivity contribution < 1.29 is 5.11 Å². The molecule has 0 heterocycles. The summed E-state index contributed by atoms with van der Waals surface area (Å²) in [6.45, 7) is 2.82. The first-order chi connectivity index (χ1) is 8.18. The zero-order chi connectivity index (χ0) is 12.3. The van der Waals surface area contributed by atoms with Crippen LogP contribution in [0.25, 0.3) is 0 Å². The number of benzene rings is 1. The molecule has 1 aliphatic rings. The number of rotatable bonds is 3. The fraction of sp³-hybridized carbons (Fsp3) is 0.600. The van der Waals surface area contributed by atoms with Crippen LogP contribution in [0.3, 0.4) is 0 Å². The molecule has 0 aliphatic heterocycles. The monoisotopic (exact) mass is 233 g/mol. The largest absolute Gasteiger partial charge is 0.507 e. The molecule has 1 N–H and O–H groups in total. The van der Waals surface area contributed by atoms with Crippen molar-refractivity contribution >= 4 is 0 Å². The first-order valence-corrected chi connectivity index (χ1v) is 6.66. The molecule has 0 bridgehead atoms. The van der Waals surface area contributed by atoms with Crippen molar-refractivity contribution in [2.75, 3.05) is 7.05 Å². The van der Waals surface area contributed by atoms with Gasteiger partial charge in [-0.2, -0.15) is 0 Å². The Morgan fingerprint density at radius 1 is 1.24 bits per heavy atom. The van der Waals surface area contributed by atoms with Crippen LogP contribution >= 0.6 is 0 Å². The van der Waals surface area contributed by atoms with Gasteiger partial charge in [0.15, 0.2) is 0 Å². The SMILES string of the molecule is Cc1cccc(CN(C)C2CCCCC2)c1O. The van der Waals surface area contributed by atoms with Crippen molar-refractivity contribution in [3.8, 4) is 5.75 Å². The van der Waals surface area contributed by atoms with Crippen LogP contribution in [0.2, 0.25) is 0 Å². The molecule has 0 atom stereocenters. The molecule has 0 aromatic heterocycles. The van der Waals surface area contributed by atoms with E-state index < -0.39 is 0 Å². The minimum atomic E-state index is 0.468. The third kappa shape index (κ3) is 3.01. The summed E-state index contributed by atoms with van der Waals surface area (Å²) >= 11 is 0. The van der Waals surface area contributed by atoms with Gasteiger partial charge in [-0.1, -0.05) is 37.5 Å². The van der Waals surface area contributed by atoms with Gasteiger partial charge in [0.25, 0.3) is 0 Å². The van der Waals surface area contributed by atoms with Gasteiger partial charge in [0.2, 0.25) is 0 Å². The smallest absolute Gasteiger partial charge is 0.122 e. The van der Waals surface area contributed by atoms with E-state index in [4.69, 9.17) is 0 Å². The number of phenols is 1. The second kappa shape index (κ2) is 5.54. The van der Waals surface area contributed by atoms with Crippen LogP contribution in [0.4, 0.5) is 0 Å². The Labute approximate surface area is 104 Å². The van der Waals surface area contributed by atoms with Gasteiger partial charge in [-0.25, -0.2) is 0 Å². The third-order valence-electron chi connectivity index (χ3n) is 3.94. The fourth-order valence-electron chi connectivity index (χ4n) is 2.77. The third-order valence-corrected chi connectivity index (χ3v) is 3.94. The number of hydrogen-bond acceptors (Lipinski definition) is 2. The van der Waals surface area contributed by atoms with E-state index in [1.54, 1.807) is 0 Å². The molecule has 0 radical (unpaired) electrons. The van der Waals surface area contributed by atoms with Crippen molar-refractivity contribution in [1.82, 2.24) is 4.90 Å². The van der Waals surface area contributed by atoms with Gasteiger partial charge in [0.05, 0.1) is 0 Å². The molecule has 2 rings (SSSR count). The van der Waals surface area contributed by atoms with Gasteiger partial charge < -0.3 is 5.11 Å². The summed E-state index contributed by atoms with van der Waals surface area (Å²) in [6, 6.07) is 6.71. The van der Waals surface area contributed by atoms with Crippen LogP contribution in [0.15, 0.2) is 18.2 Å². The Morgan fingerprint density at radius 3 is 2.65 bits per heavy atom. The highest BCUT2D eigenvalue weighted by molar-refractivity contribution is 5.39. The van der Waals surface area contributed by atoms with E-state index in [1.807, 2.05) is 25.1 Å². The van der Waals surface area contributed by atoms with Crippen molar-refractivity contribution in [2.24, 2.45) is 0 Å². The number of aryl methyl sites for hydroxylation is 1. The lowest BCUT2D eigenvalue weighted by atomic mass is 9.94. The summed E-state index contributed by atoms with van der Waals surface area (Å²) < 4.78 is 0. The lowest BCUT2D eigenvalue weighted by Gasteiger charge is -2.31. The van der Waals surface area contributed by atoms with E-state index in [-0.39, 0.29) is 0 Å². The summed E-state index contributed by atoms with van der Waals surface area (Å²) in [5.41, 5.74) is 2.03. The van der Waals surface area contributed by atoms with Gasteiger partial charge in [0, 0.05) is 18.2 Å². The average molecular weight is 233 g/mol. The molecule has 2 heteroatoms. The first-order valence-electron chi connectivity index (χ1n) is 6.66. The lowest BCUT2D eigenvalue weighted by Crippen LogP contribution is -2.32. The zero-order valence-electron chi connectivity index (χ0n) is 10.9. The number of nitrogens with zero attached hydrogens (tertiary/aromatic N) is 1. The predicted octanol–water partition coefficient (Wildman–Crippen LogP) is 3.47. The molecule has 1 fully saturated rings. The molecular formula is C15H23NO.